The minimum Gasteiger partial charge on any atom is -0.454 e. The molecule has 0 unspecified atom stereocenters. The summed E-state index contributed by atoms with van der Waals surface area (Å²) in [4.78, 5) is 11.4. The van der Waals surface area contributed by atoms with E-state index in [0.717, 1.165) is 35.6 Å². The number of rotatable bonds is 2. The smallest absolute Gasteiger partial charge is 0.231 e. The van der Waals surface area contributed by atoms with Crippen molar-refractivity contribution in [1.82, 2.24) is 0 Å². The van der Waals surface area contributed by atoms with Crippen molar-refractivity contribution in [3.8, 4) is 11.5 Å². The van der Waals surface area contributed by atoms with Crippen molar-refractivity contribution < 1.29 is 14.3 Å². The number of Topliss-reactive ketones (excluding diaryl/α,β-unsaturated/α-hetero) is 1. The van der Waals surface area contributed by atoms with Crippen molar-refractivity contribution in [2.24, 2.45) is 0 Å². The highest BCUT2D eigenvalue weighted by Gasteiger charge is 2.17. The zero-order valence-corrected chi connectivity index (χ0v) is 9.36. The summed E-state index contributed by atoms with van der Waals surface area (Å²) in [5, 5.41) is 3.13. The summed E-state index contributed by atoms with van der Waals surface area (Å²) in [6.45, 7) is 0.276. The van der Waals surface area contributed by atoms with Crippen LogP contribution in [0.25, 0.3) is 0 Å². The van der Waals surface area contributed by atoms with Crippen molar-refractivity contribution in [1.29, 1.82) is 0 Å². The van der Waals surface area contributed by atoms with Crippen molar-refractivity contribution in [3.05, 3.63) is 30.0 Å². The highest BCUT2D eigenvalue weighted by atomic mass is 16.7. The lowest BCUT2D eigenvalue weighted by Gasteiger charge is -2.03. The van der Waals surface area contributed by atoms with Gasteiger partial charge < -0.3 is 14.8 Å². The number of ether oxygens (including phenoxy) is 2. The molecule has 1 aromatic carbocycles. The lowest BCUT2D eigenvalue weighted by Crippen LogP contribution is -1.96. The Bertz CT molecular complexity index is 493. The second-order valence-corrected chi connectivity index (χ2v) is 4.16. The molecule has 0 amide bonds. The zero-order valence-electron chi connectivity index (χ0n) is 9.36. The number of benzene rings is 1. The predicted molar refractivity (Wildman–Crippen MR) is 63.1 cm³/mol. The summed E-state index contributed by atoms with van der Waals surface area (Å²) >= 11 is 0. The van der Waals surface area contributed by atoms with Gasteiger partial charge in [-0.15, -0.1) is 0 Å². The molecule has 1 aliphatic carbocycles. The molecule has 17 heavy (non-hydrogen) atoms. The molecule has 4 nitrogen and oxygen atoms in total. The Kier molecular flexibility index (Phi) is 2.48. The summed E-state index contributed by atoms with van der Waals surface area (Å²) in [6.07, 6.45) is 4.31. The molecule has 2 aliphatic rings. The molecule has 1 aliphatic heterocycles. The third kappa shape index (κ3) is 1.98. The van der Waals surface area contributed by atoms with Crippen LogP contribution in [-0.4, -0.2) is 12.6 Å². The predicted octanol–water partition coefficient (Wildman–Crippen LogP) is 2.46. The number of carbonyl (C=O) groups is 1. The van der Waals surface area contributed by atoms with Crippen LogP contribution in [0.2, 0.25) is 0 Å². The Hall–Kier alpha value is -1.97. The van der Waals surface area contributed by atoms with Gasteiger partial charge in [0.1, 0.15) is 0 Å². The van der Waals surface area contributed by atoms with Crippen LogP contribution in [0.5, 0.6) is 11.5 Å². The van der Waals surface area contributed by atoms with Crippen LogP contribution >= 0.6 is 0 Å². The van der Waals surface area contributed by atoms with Crippen molar-refractivity contribution >= 4 is 11.5 Å². The summed E-state index contributed by atoms with van der Waals surface area (Å²) in [5.41, 5.74) is 1.78. The average molecular weight is 231 g/mol. The lowest BCUT2D eigenvalue weighted by molar-refractivity contribution is -0.114. The summed E-state index contributed by atoms with van der Waals surface area (Å²) in [7, 11) is 0. The quantitative estimate of drug-likeness (QED) is 0.794. The summed E-state index contributed by atoms with van der Waals surface area (Å²) in [6, 6.07) is 5.64. The van der Waals surface area contributed by atoms with Crippen molar-refractivity contribution in [2.45, 2.75) is 19.3 Å². The maximum atomic E-state index is 11.4. The van der Waals surface area contributed by atoms with Crippen LogP contribution in [0.1, 0.15) is 19.3 Å². The number of hydrogen-bond donors (Lipinski definition) is 1. The number of allylic oxidation sites excluding steroid dienone is 1. The number of ketones is 1. The van der Waals surface area contributed by atoms with E-state index >= 15 is 0 Å². The standard InChI is InChI=1S/C13H13NO3/c15-11-3-1-2-9(11)7-14-10-4-5-12-13(6-10)17-8-16-12/h4-7,14H,1-3,8H2. The first-order chi connectivity index (χ1) is 8.33. The number of hydrogen-bond acceptors (Lipinski definition) is 4. The maximum Gasteiger partial charge on any atom is 0.231 e. The van der Waals surface area contributed by atoms with Gasteiger partial charge >= 0.3 is 0 Å². The molecule has 0 saturated heterocycles. The van der Waals surface area contributed by atoms with Crippen LogP contribution in [0.4, 0.5) is 5.69 Å². The SMILES string of the molecule is O=C1CCCC1=CNc1ccc2c(c1)OCO2. The molecule has 0 aromatic heterocycles. The Morgan fingerprint density at radius 1 is 1.18 bits per heavy atom. The van der Waals surface area contributed by atoms with Crippen molar-refractivity contribution in [3.63, 3.8) is 0 Å². The highest BCUT2D eigenvalue weighted by molar-refractivity contribution is 5.97. The molecule has 88 valence electrons. The van der Waals surface area contributed by atoms with Gasteiger partial charge in [-0.3, -0.25) is 4.79 Å². The van der Waals surface area contributed by atoms with Gasteiger partial charge in [0.2, 0.25) is 6.79 Å². The van der Waals surface area contributed by atoms with E-state index in [4.69, 9.17) is 9.47 Å². The van der Waals surface area contributed by atoms with E-state index in [-0.39, 0.29) is 12.6 Å². The second kappa shape index (κ2) is 4.13. The number of nitrogens with one attached hydrogen (secondary N) is 1. The zero-order chi connectivity index (χ0) is 11.7. The first-order valence-electron chi connectivity index (χ1n) is 5.71. The molecule has 1 aromatic rings. The van der Waals surface area contributed by atoms with Gasteiger partial charge in [-0.25, -0.2) is 0 Å². The Morgan fingerprint density at radius 3 is 2.88 bits per heavy atom. The minimum atomic E-state index is 0.248. The number of anilines is 1. The van der Waals surface area contributed by atoms with Gasteiger partial charge in [0.15, 0.2) is 17.3 Å². The van der Waals surface area contributed by atoms with Crippen LogP contribution in [-0.2, 0) is 4.79 Å². The molecular formula is C13H13NO3. The first-order valence-corrected chi connectivity index (χ1v) is 5.71. The van der Waals surface area contributed by atoms with E-state index < -0.39 is 0 Å². The van der Waals surface area contributed by atoms with Gasteiger partial charge in [-0.2, -0.15) is 0 Å². The van der Waals surface area contributed by atoms with Gasteiger partial charge in [0, 0.05) is 29.9 Å². The molecule has 1 saturated carbocycles. The van der Waals surface area contributed by atoms with E-state index in [0.29, 0.717) is 6.42 Å². The summed E-state index contributed by atoms with van der Waals surface area (Å²) < 4.78 is 10.5. The first kappa shape index (κ1) is 10.2. The van der Waals surface area contributed by atoms with Gasteiger partial charge in [-0.05, 0) is 25.0 Å². The fraction of sp³-hybridized carbons (Fsp3) is 0.308. The van der Waals surface area contributed by atoms with Crippen LogP contribution in [0.3, 0.4) is 0 Å². The van der Waals surface area contributed by atoms with E-state index in [1.807, 2.05) is 18.2 Å². The largest absolute Gasteiger partial charge is 0.454 e. The molecule has 0 atom stereocenters. The Balaban J connectivity index is 1.75. The lowest BCUT2D eigenvalue weighted by atomic mass is 10.2. The summed E-state index contributed by atoms with van der Waals surface area (Å²) in [5.74, 6) is 1.75. The fourth-order valence-corrected chi connectivity index (χ4v) is 2.05. The normalized spacial score (nSPS) is 20.0. The molecule has 4 heteroatoms. The van der Waals surface area contributed by atoms with E-state index in [2.05, 4.69) is 5.32 Å². The van der Waals surface area contributed by atoms with Crippen LogP contribution in [0, 0.1) is 0 Å². The Morgan fingerprint density at radius 2 is 2.06 bits per heavy atom. The van der Waals surface area contributed by atoms with E-state index in [1.54, 1.807) is 6.20 Å². The topological polar surface area (TPSA) is 47.6 Å². The molecule has 1 heterocycles. The van der Waals surface area contributed by atoms with Gasteiger partial charge in [0.25, 0.3) is 0 Å². The van der Waals surface area contributed by atoms with Gasteiger partial charge in [-0.1, -0.05) is 0 Å². The average Bonchev–Trinajstić information content (AvgIpc) is 2.94. The molecule has 3 rings (SSSR count). The molecule has 0 spiro atoms. The maximum absolute atomic E-state index is 11.4. The third-order valence-corrected chi connectivity index (χ3v) is 2.99. The number of fused-ring (bicyclic) bond motifs is 1. The van der Waals surface area contributed by atoms with E-state index in [1.165, 1.54) is 0 Å². The third-order valence-electron chi connectivity index (χ3n) is 2.99. The molecule has 0 radical (unpaired) electrons. The monoisotopic (exact) mass is 231 g/mol. The molecular weight excluding hydrogens is 218 g/mol. The molecule has 1 N–H and O–H groups in total. The van der Waals surface area contributed by atoms with Crippen LogP contribution < -0.4 is 14.8 Å². The second-order valence-electron chi connectivity index (χ2n) is 4.16. The molecule has 0 bridgehead atoms. The minimum absolute atomic E-state index is 0.248. The number of carbonyl (C=O) groups excluding carboxylic acids is 1. The van der Waals surface area contributed by atoms with Gasteiger partial charge in [0.05, 0.1) is 0 Å². The fourth-order valence-electron chi connectivity index (χ4n) is 2.05. The van der Waals surface area contributed by atoms with E-state index in [9.17, 15) is 4.79 Å². The highest BCUT2D eigenvalue weighted by Crippen LogP contribution is 2.34. The van der Waals surface area contributed by atoms with Crippen molar-refractivity contribution in [2.75, 3.05) is 12.1 Å². The molecule has 1 fully saturated rings. The Labute approximate surface area is 99.2 Å². The van der Waals surface area contributed by atoms with Crippen LogP contribution in [0.15, 0.2) is 30.0 Å².